The zero-order chi connectivity index (χ0) is 24.8. The number of halogens is 2. The minimum Gasteiger partial charge on any atom is -0.379 e. The van der Waals surface area contributed by atoms with Crippen molar-refractivity contribution in [3.63, 3.8) is 0 Å². The van der Waals surface area contributed by atoms with Crippen LogP contribution in [0.2, 0.25) is 10.0 Å². The summed E-state index contributed by atoms with van der Waals surface area (Å²) in [6.07, 6.45) is 2.43. The summed E-state index contributed by atoms with van der Waals surface area (Å²) in [7, 11) is 0. The van der Waals surface area contributed by atoms with Crippen molar-refractivity contribution in [1.82, 2.24) is 19.9 Å². The average molecular weight is 524 g/mol. The van der Waals surface area contributed by atoms with E-state index in [9.17, 15) is 4.79 Å². The van der Waals surface area contributed by atoms with E-state index in [1.165, 1.54) is 0 Å². The van der Waals surface area contributed by atoms with Gasteiger partial charge in [-0.25, -0.2) is 9.97 Å². The minimum absolute atomic E-state index is 0.0000837. The summed E-state index contributed by atoms with van der Waals surface area (Å²) in [6, 6.07) is 13.8. The molecule has 6 rings (SSSR count). The van der Waals surface area contributed by atoms with E-state index in [1.807, 2.05) is 43.3 Å². The molecule has 2 aromatic carbocycles. The van der Waals surface area contributed by atoms with E-state index in [0.29, 0.717) is 16.7 Å². The topological polar surface area (TPSA) is 72.3 Å². The van der Waals surface area contributed by atoms with Crippen LogP contribution in [0.5, 0.6) is 0 Å². The number of rotatable bonds is 4. The van der Waals surface area contributed by atoms with Gasteiger partial charge in [-0.1, -0.05) is 23.2 Å². The van der Waals surface area contributed by atoms with Crippen molar-refractivity contribution in [1.29, 1.82) is 0 Å². The Balaban J connectivity index is 1.33. The number of nitrogens with one attached hydrogen (secondary N) is 1. The number of aromatic nitrogens is 3. The van der Waals surface area contributed by atoms with Gasteiger partial charge in [0, 0.05) is 41.0 Å². The van der Waals surface area contributed by atoms with Crippen LogP contribution in [0.1, 0.15) is 24.8 Å². The fourth-order valence-electron chi connectivity index (χ4n) is 5.15. The average Bonchev–Trinajstić information content (AvgIpc) is 3.52. The highest BCUT2D eigenvalue weighted by Crippen LogP contribution is 2.33. The van der Waals surface area contributed by atoms with Gasteiger partial charge in [0.05, 0.1) is 29.2 Å². The first-order valence-corrected chi connectivity index (χ1v) is 13.1. The third-order valence-electron chi connectivity index (χ3n) is 7.21. The number of piperidine rings is 1. The SMILES string of the molecule is Cc1cc2c(cc1Cl)nc(N1CCC(C(=O)N[C@@H]3CCOC3)CC1)n2-c1ccc2cc(Cl)ccc2n1. The van der Waals surface area contributed by atoms with Gasteiger partial charge in [0.1, 0.15) is 5.82 Å². The van der Waals surface area contributed by atoms with Crippen molar-refractivity contribution in [3.8, 4) is 5.82 Å². The molecular formula is C27H27Cl2N5O2. The maximum absolute atomic E-state index is 12.8. The highest BCUT2D eigenvalue weighted by molar-refractivity contribution is 6.32. The summed E-state index contributed by atoms with van der Waals surface area (Å²) >= 11 is 12.6. The van der Waals surface area contributed by atoms with Gasteiger partial charge >= 0.3 is 0 Å². The monoisotopic (exact) mass is 523 g/mol. The van der Waals surface area contributed by atoms with E-state index in [0.717, 1.165) is 78.2 Å². The van der Waals surface area contributed by atoms with E-state index in [1.54, 1.807) is 0 Å². The van der Waals surface area contributed by atoms with Crippen LogP contribution in [0.15, 0.2) is 42.5 Å². The number of benzene rings is 2. The Bertz CT molecular complexity index is 1460. The normalized spacial score (nSPS) is 18.9. The Morgan fingerprint density at radius 2 is 1.86 bits per heavy atom. The molecule has 1 amide bonds. The lowest BCUT2D eigenvalue weighted by molar-refractivity contribution is -0.126. The first-order chi connectivity index (χ1) is 17.5. The van der Waals surface area contributed by atoms with Gasteiger partial charge in [-0.15, -0.1) is 0 Å². The Kier molecular flexibility index (Phi) is 6.23. The van der Waals surface area contributed by atoms with Crippen molar-refractivity contribution in [2.24, 2.45) is 5.92 Å². The minimum atomic E-state index is -0.0000837. The van der Waals surface area contributed by atoms with Gasteiger partial charge in [-0.3, -0.25) is 9.36 Å². The number of hydrogen-bond acceptors (Lipinski definition) is 5. The van der Waals surface area contributed by atoms with Crippen LogP contribution >= 0.6 is 23.2 Å². The van der Waals surface area contributed by atoms with Crippen molar-refractivity contribution >= 4 is 57.0 Å². The van der Waals surface area contributed by atoms with E-state index in [4.69, 9.17) is 37.9 Å². The highest BCUT2D eigenvalue weighted by atomic mass is 35.5. The summed E-state index contributed by atoms with van der Waals surface area (Å²) < 4.78 is 7.50. The van der Waals surface area contributed by atoms with Crippen LogP contribution in [0.3, 0.4) is 0 Å². The van der Waals surface area contributed by atoms with Gasteiger partial charge in [0.15, 0.2) is 0 Å². The van der Waals surface area contributed by atoms with Crippen molar-refractivity contribution < 1.29 is 9.53 Å². The van der Waals surface area contributed by atoms with Gasteiger partial charge < -0.3 is 15.0 Å². The molecule has 0 radical (unpaired) electrons. The van der Waals surface area contributed by atoms with Gasteiger partial charge in [-0.2, -0.15) is 0 Å². The fourth-order valence-corrected chi connectivity index (χ4v) is 5.49. The molecule has 186 valence electrons. The molecule has 4 aromatic rings. The molecular weight excluding hydrogens is 497 g/mol. The van der Waals surface area contributed by atoms with E-state index in [2.05, 4.69) is 20.9 Å². The summed E-state index contributed by atoms with van der Waals surface area (Å²) in [5.41, 5.74) is 3.62. The zero-order valence-corrected chi connectivity index (χ0v) is 21.5. The number of aryl methyl sites for hydroxylation is 1. The second-order valence-electron chi connectivity index (χ2n) is 9.67. The predicted octanol–water partition coefficient (Wildman–Crippen LogP) is 5.31. The second-order valence-corrected chi connectivity index (χ2v) is 10.5. The maximum Gasteiger partial charge on any atom is 0.223 e. The third-order valence-corrected chi connectivity index (χ3v) is 7.85. The molecule has 2 aliphatic rings. The molecule has 36 heavy (non-hydrogen) atoms. The van der Waals surface area contributed by atoms with E-state index < -0.39 is 0 Å². The van der Waals surface area contributed by atoms with Crippen LogP contribution < -0.4 is 10.2 Å². The number of carbonyl (C=O) groups is 1. The zero-order valence-electron chi connectivity index (χ0n) is 20.0. The molecule has 0 spiro atoms. The molecule has 2 aliphatic heterocycles. The van der Waals surface area contributed by atoms with Crippen LogP contribution in [-0.2, 0) is 9.53 Å². The summed E-state index contributed by atoms with van der Waals surface area (Å²) in [6.45, 7) is 4.80. The lowest BCUT2D eigenvalue weighted by Gasteiger charge is -2.32. The molecule has 4 heterocycles. The molecule has 0 saturated carbocycles. The molecule has 7 nitrogen and oxygen atoms in total. The highest BCUT2D eigenvalue weighted by Gasteiger charge is 2.30. The molecule has 0 unspecified atom stereocenters. The predicted molar refractivity (Wildman–Crippen MR) is 143 cm³/mol. The fraction of sp³-hybridized carbons (Fsp3) is 0.370. The molecule has 9 heteroatoms. The first kappa shape index (κ1) is 23.5. The van der Waals surface area contributed by atoms with Gasteiger partial charge in [0.2, 0.25) is 11.9 Å². The summed E-state index contributed by atoms with van der Waals surface area (Å²) in [5.74, 6) is 1.73. The van der Waals surface area contributed by atoms with Gasteiger partial charge in [0.25, 0.3) is 0 Å². The number of carbonyl (C=O) groups excluding carboxylic acids is 1. The molecule has 1 N–H and O–H groups in total. The number of nitrogens with zero attached hydrogens (tertiary/aromatic N) is 4. The summed E-state index contributed by atoms with van der Waals surface area (Å²) in [5, 5.41) is 5.51. The van der Waals surface area contributed by atoms with Crippen LogP contribution in [0.25, 0.3) is 27.8 Å². The third kappa shape index (κ3) is 4.40. The lowest BCUT2D eigenvalue weighted by Crippen LogP contribution is -2.44. The van der Waals surface area contributed by atoms with Crippen molar-refractivity contribution in [2.75, 3.05) is 31.2 Å². The van der Waals surface area contributed by atoms with Crippen LogP contribution in [-0.4, -0.2) is 52.8 Å². The number of pyridine rings is 1. The number of anilines is 1. The first-order valence-electron chi connectivity index (χ1n) is 12.3. The molecule has 1 atom stereocenters. The van der Waals surface area contributed by atoms with Crippen molar-refractivity contribution in [2.45, 2.75) is 32.2 Å². The number of ether oxygens (including phenoxy) is 1. The number of fused-ring (bicyclic) bond motifs is 2. The smallest absolute Gasteiger partial charge is 0.223 e. The second kappa shape index (κ2) is 9.54. The van der Waals surface area contributed by atoms with E-state index >= 15 is 0 Å². The Morgan fingerprint density at radius 1 is 1.03 bits per heavy atom. The van der Waals surface area contributed by atoms with Crippen molar-refractivity contribution in [3.05, 3.63) is 58.1 Å². The maximum atomic E-state index is 12.8. The molecule has 0 bridgehead atoms. The van der Waals surface area contributed by atoms with Crippen LogP contribution in [0, 0.1) is 12.8 Å². The Morgan fingerprint density at radius 3 is 2.64 bits per heavy atom. The molecule has 2 aromatic heterocycles. The summed E-state index contributed by atoms with van der Waals surface area (Å²) in [4.78, 5) is 25.0. The molecule has 2 fully saturated rings. The van der Waals surface area contributed by atoms with Gasteiger partial charge in [-0.05, 0) is 74.2 Å². The van der Waals surface area contributed by atoms with Crippen LogP contribution in [0.4, 0.5) is 5.95 Å². The number of amides is 1. The largest absolute Gasteiger partial charge is 0.379 e. The van der Waals surface area contributed by atoms with E-state index in [-0.39, 0.29) is 17.9 Å². The number of imidazole rings is 1. The lowest BCUT2D eigenvalue weighted by atomic mass is 9.95. The Labute approximate surface area is 219 Å². The quantitative estimate of drug-likeness (QED) is 0.392. The molecule has 2 saturated heterocycles. The Hall–Kier alpha value is -2.87. The standard InChI is InChI=1S/C27H27Cl2N5O2/c1-16-12-24-23(14-21(16)29)32-27(34(24)25-5-2-18-13-19(28)3-4-22(18)31-25)33-9-6-17(7-10-33)26(35)30-20-8-11-36-15-20/h2-5,12-14,17,20H,6-11,15H2,1H3,(H,30,35)/t20-/m1/s1. The molecule has 0 aliphatic carbocycles. The number of hydrogen-bond donors (Lipinski definition) is 1.